The molecule has 0 saturated heterocycles. The molecule has 0 bridgehead atoms. The first-order valence-electron chi connectivity index (χ1n) is 10.1. The minimum Gasteiger partial charge on any atom is -0.344 e. The summed E-state index contributed by atoms with van der Waals surface area (Å²) in [4.78, 5) is 2.43. The molecule has 0 aromatic heterocycles. The van der Waals surface area contributed by atoms with Crippen LogP contribution in [0.3, 0.4) is 0 Å². The molecule has 1 heteroatoms. The first-order valence-corrected chi connectivity index (χ1v) is 10.1. The number of hydrogen-bond donors (Lipinski definition) is 0. The van der Waals surface area contributed by atoms with Crippen molar-refractivity contribution in [2.45, 2.75) is 38.5 Å². The zero-order valence-corrected chi connectivity index (χ0v) is 17.4. The van der Waals surface area contributed by atoms with Gasteiger partial charge in [-0.2, -0.15) is 0 Å². The maximum Gasteiger partial charge on any atom is 0.0526 e. The Bertz CT molecular complexity index is 1220. The van der Waals surface area contributed by atoms with Crippen molar-refractivity contribution in [3.05, 3.63) is 83.9 Å². The third-order valence-corrected chi connectivity index (χ3v) is 7.37. The van der Waals surface area contributed by atoms with Crippen LogP contribution in [0.25, 0.3) is 21.5 Å². The Hall–Kier alpha value is -2.80. The molecule has 0 amide bonds. The molecule has 0 radical (unpaired) electrons. The van der Waals surface area contributed by atoms with Gasteiger partial charge in [0.1, 0.15) is 0 Å². The Kier molecular flexibility index (Phi) is 3.47. The van der Waals surface area contributed by atoms with E-state index in [1.165, 1.54) is 44.0 Å². The van der Waals surface area contributed by atoms with E-state index in [0.29, 0.717) is 0 Å². The molecule has 0 unspecified atom stereocenters. The summed E-state index contributed by atoms with van der Waals surface area (Å²) in [5, 5.41) is 5.23. The summed E-state index contributed by atoms with van der Waals surface area (Å²) in [7, 11) is 2.23. The molecule has 1 aliphatic heterocycles. The van der Waals surface area contributed by atoms with Crippen molar-refractivity contribution in [3.63, 3.8) is 0 Å². The number of nitrogens with zero attached hydrogens (tertiary/aromatic N) is 1. The summed E-state index contributed by atoms with van der Waals surface area (Å²) >= 11 is 0. The lowest BCUT2D eigenvalue weighted by molar-refractivity contribution is 0.307. The van der Waals surface area contributed by atoms with Crippen LogP contribution in [-0.4, -0.2) is 7.05 Å². The fraction of sp³-hybridized carbons (Fsp3) is 0.259. The fourth-order valence-electron chi connectivity index (χ4n) is 4.92. The third kappa shape index (κ3) is 2.13. The van der Waals surface area contributed by atoms with Gasteiger partial charge >= 0.3 is 0 Å². The predicted octanol–water partition coefficient (Wildman–Crippen LogP) is 7.33. The monoisotopic (exact) mass is 365 g/mol. The Morgan fingerprint density at radius 2 is 1.18 bits per heavy atom. The molecular weight excluding hydrogens is 338 g/mol. The Balaban J connectivity index is 1.96. The number of hydrogen-bond acceptors (Lipinski definition) is 1. The topological polar surface area (TPSA) is 3.24 Å². The molecule has 140 valence electrons. The molecule has 0 fully saturated rings. The van der Waals surface area contributed by atoms with Gasteiger partial charge in [0.15, 0.2) is 0 Å². The zero-order valence-electron chi connectivity index (χ0n) is 17.4. The lowest BCUT2D eigenvalue weighted by Crippen LogP contribution is -2.39. The van der Waals surface area contributed by atoms with E-state index in [1.54, 1.807) is 0 Å². The van der Waals surface area contributed by atoms with Gasteiger partial charge in [-0.15, -0.1) is 0 Å². The lowest BCUT2D eigenvalue weighted by Gasteiger charge is -2.42. The van der Waals surface area contributed by atoms with E-state index in [-0.39, 0.29) is 10.8 Å². The van der Waals surface area contributed by atoms with Gasteiger partial charge in [0.05, 0.1) is 5.69 Å². The van der Waals surface area contributed by atoms with Gasteiger partial charge < -0.3 is 4.90 Å². The summed E-state index contributed by atoms with van der Waals surface area (Å²) in [6, 6.07) is 26.9. The highest BCUT2D eigenvalue weighted by Crippen LogP contribution is 2.55. The zero-order chi connectivity index (χ0) is 19.7. The molecule has 0 aliphatic carbocycles. The van der Waals surface area contributed by atoms with E-state index in [2.05, 4.69) is 112 Å². The second-order valence-corrected chi connectivity index (χ2v) is 9.21. The first kappa shape index (κ1) is 17.3. The smallest absolute Gasteiger partial charge is 0.0526 e. The van der Waals surface area contributed by atoms with Gasteiger partial charge in [0, 0.05) is 29.0 Å². The van der Waals surface area contributed by atoms with Gasteiger partial charge in [-0.25, -0.2) is 0 Å². The van der Waals surface area contributed by atoms with Gasteiger partial charge in [0.25, 0.3) is 0 Å². The molecule has 1 nitrogen and oxygen atoms in total. The van der Waals surface area contributed by atoms with E-state index in [9.17, 15) is 0 Å². The van der Waals surface area contributed by atoms with E-state index in [1.807, 2.05) is 0 Å². The molecule has 1 heterocycles. The van der Waals surface area contributed by atoms with Crippen molar-refractivity contribution in [2.24, 2.45) is 0 Å². The standard InChI is InChI=1S/C27H27N/c1-26(2)22-15-14-18-10-8-9-13-21(18)25(22)28(5)24-17-20-12-7-6-11-19(20)16-23(24)27(26,3)4/h6-17H,1-5H3. The van der Waals surface area contributed by atoms with Crippen molar-refractivity contribution in [2.75, 3.05) is 11.9 Å². The van der Waals surface area contributed by atoms with Crippen molar-refractivity contribution in [3.8, 4) is 0 Å². The van der Waals surface area contributed by atoms with Crippen LogP contribution < -0.4 is 4.90 Å². The molecule has 4 aromatic carbocycles. The average Bonchev–Trinajstić information content (AvgIpc) is 2.74. The van der Waals surface area contributed by atoms with E-state index in [0.717, 1.165) is 0 Å². The molecule has 28 heavy (non-hydrogen) atoms. The SMILES string of the molecule is CN1c2cc3ccccc3cc2C(C)(C)C(C)(C)c2ccc3ccccc3c21. The second-order valence-electron chi connectivity index (χ2n) is 9.21. The largest absolute Gasteiger partial charge is 0.344 e. The Labute approximate surface area is 167 Å². The van der Waals surface area contributed by atoms with Crippen molar-refractivity contribution >= 4 is 32.9 Å². The van der Waals surface area contributed by atoms with E-state index >= 15 is 0 Å². The van der Waals surface area contributed by atoms with Crippen LogP contribution in [-0.2, 0) is 10.8 Å². The minimum atomic E-state index is -0.0195. The highest BCUT2D eigenvalue weighted by molar-refractivity contribution is 6.00. The molecular formula is C27H27N. The van der Waals surface area contributed by atoms with Crippen LogP contribution >= 0.6 is 0 Å². The Morgan fingerprint density at radius 1 is 0.607 bits per heavy atom. The fourth-order valence-corrected chi connectivity index (χ4v) is 4.92. The van der Waals surface area contributed by atoms with E-state index < -0.39 is 0 Å². The maximum atomic E-state index is 2.43. The summed E-state index contributed by atoms with van der Waals surface area (Å²) in [5.74, 6) is 0. The molecule has 0 atom stereocenters. The van der Waals surface area contributed by atoms with Crippen LogP contribution in [0.1, 0.15) is 38.8 Å². The molecule has 5 rings (SSSR count). The van der Waals surface area contributed by atoms with Crippen LogP contribution in [0.5, 0.6) is 0 Å². The van der Waals surface area contributed by atoms with Crippen LogP contribution in [0, 0.1) is 0 Å². The summed E-state index contributed by atoms with van der Waals surface area (Å²) in [5.41, 5.74) is 5.44. The third-order valence-electron chi connectivity index (χ3n) is 7.37. The van der Waals surface area contributed by atoms with Crippen LogP contribution in [0.4, 0.5) is 11.4 Å². The number of fused-ring (bicyclic) bond motifs is 5. The molecule has 0 spiro atoms. The quantitative estimate of drug-likeness (QED) is 0.315. The van der Waals surface area contributed by atoms with Gasteiger partial charge in [0.2, 0.25) is 0 Å². The van der Waals surface area contributed by atoms with Gasteiger partial charge in [-0.05, 0) is 39.4 Å². The molecule has 0 N–H and O–H groups in total. The van der Waals surface area contributed by atoms with Crippen LogP contribution in [0.2, 0.25) is 0 Å². The van der Waals surface area contributed by atoms with Crippen molar-refractivity contribution in [1.82, 2.24) is 0 Å². The summed E-state index contributed by atoms with van der Waals surface area (Å²) in [6.07, 6.45) is 0. The maximum absolute atomic E-state index is 2.43. The number of benzene rings is 4. The second kappa shape index (κ2) is 5.61. The van der Waals surface area contributed by atoms with Crippen LogP contribution in [0.15, 0.2) is 72.8 Å². The molecule has 1 aliphatic rings. The first-order chi connectivity index (χ1) is 13.3. The Morgan fingerprint density at radius 3 is 1.89 bits per heavy atom. The number of rotatable bonds is 0. The molecule has 0 saturated carbocycles. The van der Waals surface area contributed by atoms with Gasteiger partial charge in [-0.3, -0.25) is 0 Å². The minimum absolute atomic E-state index is 0.0195. The highest BCUT2D eigenvalue weighted by Gasteiger charge is 2.45. The van der Waals surface area contributed by atoms with Crippen molar-refractivity contribution < 1.29 is 0 Å². The van der Waals surface area contributed by atoms with Crippen molar-refractivity contribution in [1.29, 1.82) is 0 Å². The normalized spacial score (nSPS) is 17.2. The van der Waals surface area contributed by atoms with Gasteiger partial charge in [-0.1, -0.05) is 88.4 Å². The lowest BCUT2D eigenvalue weighted by atomic mass is 9.61. The summed E-state index contributed by atoms with van der Waals surface area (Å²) in [6.45, 7) is 9.61. The average molecular weight is 366 g/mol. The highest BCUT2D eigenvalue weighted by atomic mass is 15.1. The molecule has 4 aromatic rings. The van der Waals surface area contributed by atoms with E-state index in [4.69, 9.17) is 0 Å². The predicted molar refractivity (Wildman–Crippen MR) is 122 cm³/mol. The number of anilines is 2. The summed E-state index contributed by atoms with van der Waals surface area (Å²) < 4.78 is 0.